The topological polar surface area (TPSA) is 101 Å². The van der Waals surface area contributed by atoms with Gasteiger partial charge < -0.3 is 10.4 Å². The molecule has 0 saturated heterocycles. The van der Waals surface area contributed by atoms with E-state index in [4.69, 9.17) is 16.7 Å². The van der Waals surface area contributed by atoms with Crippen LogP contribution in [0.1, 0.15) is 20.3 Å². The summed E-state index contributed by atoms with van der Waals surface area (Å²) >= 11 is 5.68. The molecular weight excluding hydrogens is 330 g/mol. The van der Waals surface area contributed by atoms with Crippen LogP contribution < -0.4 is 5.32 Å². The lowest BCUT2D eigenvalue weighted by Crippen LogP contribution is -2.44. The summed E-state index contributed by atoms with van der Waals surface area (Å²) in [6.07, 6.45) is 0.224. The number of benzene rings is 1. The first kappa shape index (κ1) is 18.4. The summed E-state index contributed by atoms with van der Waals surface area (Å²) in [6.45, 7) is 3.62. The Bertz CT molecular complexity index is 640. The van der Waals surface area contributed by atoms with Crippen LogP contribution in [0.25, 0.3) is 0 Å². The average Bonchev–Trinajstić information content (AvgIpc) is 2.37. The number of hydrogen-bond donors (Lipinski definition) is 2. The van der Waals surface area contributed by atoms with Gasteiger partial charge >= 0.3 is 5.97 Å². The molecule has 2 N–H and O–H groups in total. The minimum atomic E-state index is -3.84. The highest BCUT2D eigenvalue weighted by atomic mass is 35.5. The quantitative estimate of drug-likeness (QED) is 0.782. The zero-order valence-corrected chi connectivity index (χ0v) is 13.8. The van der Waals surface area contributed by atoms with E-state index in [1.807, 2.05) is 13.8 Å². The molecule has 0 aliphatic heterocycles. The third kappa shape index (κ3) is 5.65. The van der Waals surface area contributed by atoms with Crippen LogP contribution >= 0.6 is 11.6 Å². The van der Waals surface area contributed by atoms with Crippen LogP contribution in [-0.2, 0) is 19.4 Å². The number of halogens is 1. The first-order valence-corrected chi connectivity index (χ1v) is 8.65. The van der Waals surface area contributed by atoms with Crippen LogP contribution in [0.2, 0.25) is 5.02 Å². The highest BCUT2D eigenvalue weighted by molar-refractivity contribution is 7.92. The second-order valence-corrected chi connectivity index (χ2v) is 7.73. The van der Waals surface area contributed by atoms with E-state index in [9.17, 15) is 18.0 Å². The number of carboxylic acid groups (broad SMARTS) is 1. The molecule has 0 unspecified atom stereocenters. The van der Waals surface area contributed by atoms with Crippen molar-refractivity contribution >= 4 is 33.3 Å². The Labute approximate surface area is 134 Å². The lowest BCUT2D eigenvalue weighted by molar-refractivity contribution is -0.141. The van der Waals surface area contributed by atoms with Gasteiger partial charge in [-0.3, -0.25) is 4.79 Å². The third-order valence-corrected chi connectivity index (χ3v) is 4.72. The molecule has 0 saturated carbocycles. The van der Waals surface area contributed by atoms with E-state index >= 15 is 0 Å². The van der Waals surface area contributed by atoms with Crippen molar-refractivity contribution in [1.82, 2.24) is 5.32 Å². The van der Waals surface area contributed by atoms with E-state index in [-0.39, 0.29) is 17.2 Å². The summed E-state index contributed by atoms with van der Waals surface area (Å²) in [5, 5.41) is 11.7. The number of hydrogen-bond acceptors (Lipinski definition) is 4. The molecule has 1 aromatic rings. The lowest BCUT2D eigenvalue weighted by Gasteiger charge is -2.16. The van der Waals surface area contributed by atoms with E-state index in [2.05, 4.69) is 5.32 Å². The molecule has 0 aliphatic rings. The molecule has 1 aromatic carbocycles. The number of nitrogens with one attached hydrogen (secondary N) is 1. The highest BCUT2D eigenvalue weighted by Gasteiger charge is 2.25. The van der Waals surface area contributed by atoms with Crippen molar-refractivity contribution in [1.29, 1.82) is 0 Å². The van der Waals surface area contributed by atoms with Crippen LogP contribution in [0, 0.1) is 5.92 Å². The number of carbonyl (C=O) groups is 2. The van der Waals surface area contributed by atoms with Crippen LogP contribution in [0.5, 0.6) is 0 Å². The van der Waals surface area contributed by atoms with Gasteiger partial charge in [-0.2, -0.15) is 0 Å². The van der Waals surface area contributed by atoms with E-state index in [0.29, 0.717) is 5.02 Å². The molecule has 0 spiro atoms. The fourth-order valence-corrected chi connectivity index (χ4v) is 3.10. The Morgan fingerprint density at radius 2 is 1.77 bits per heavy atom. The van der Waals surface area contributed by atoms with Gasteiger partial charge in [0.15, 0.2) is 9.84 Å². The number of amides is 1. The first-order valence-electron chi connectivity index (χ1n) is 6.62. The highest BCUT2D eigenvalue weighted by Crippen LogP contribution is 2.15. The second-order valence-electron chi connectivity index (χ2n) is 5.30. The van der Waals surface area contributed by atoms with E-state index in [1.165, 1.54) is 24.3 Å². The molecule has 22 heavy (non-hydrogen) atoms. The van der Waals surface area contributed by atoms with Gasteiger partial charge in [-0.1, -0.05) is 25.4 Å². The van der Waals surface area contributed by atoms with Gasteiger partial charge in [0.1, 0.15) is 11.8 Å². The molecule has 122 valence electrons. The van der Waals surface area contributed by atoms with Gasteiger partial charge in [-0.05, 0) is 36.6 Å². The molecule has 0 bridgehead atoms. The number of carboxylic acids is 1. The summed E-state index contributed by atoms with van der Waals surface area (Å²) in [6, 6.07) is 4.31. The SMILES string of the molecule is CC(C)C[C@H](NC(=O)CS(=O)(=O)c1ccc(Cl)cc1)C(=O)O. The minimum absolute atomic E-state index is 0.0391. The monoisotopic (exact) mass is 347 g/mol. The van der Waals surface area contributed by atoms with E-state index in [0.717, 1.165) is 0 Å². The number of carbonyl (C=O) groups excluding carboxylic acids is 1. The van der Waals surface area contributed by atoms with Crippen molar-refractivity contribution in [3.63, 3.8) is 0 Å². The van der Waals surface area contributed by atoms with E-state index in [1.54, 1.807) is 0 Å². The van der Waals surface area contributed by atoms with Crippen molar-refractivity contribution in [2.75, 3.05) is 5.75 Å². The molecule has 0 aromatic heterocycles. The van der Waals surface area contributed by atoms with Crippen LogP contribution in [0.3, 0.4) is 0 Å². The maximum Gasteiger partial charge on any atom is 0.326 e. The van der Waals surface area contributed by atoms with Crippen molar-refractivity contribution in [3.8, 4) is 0 Å². The van der Waals surface area contributed by atoms with Gasteiger partial charge in [0.05, 0.1) is 4.90 Å². The molecule has 1 rings (SSSR count). The fourth-order valence-electron chi connectivity index (χ4n) is 1.83. The zero-order valence-electron chi connectivity index (χ0n) is 12.2. The molecule has 8 heteroatoms. The molecular formula is C14H18ClNO5S. The van der Waals surface area contributed by atoms with Crippen molar-refractivity contribution in [2.45, 2.75) is 31.2 Å². The Morgan fingerprint density at radius 3 is 2.23 bits per heavy atom. The largest absolute Gasteiger partial charge is 0.480 e. The molecule has 1 atom stereocenters. The zero-order chi connectivity index (χ0) is 16.9. The Kier molecular flexibility index (Phi) is 6.37. The Morgan fingerprint density at radius 1 is 1.23 bits per heavy atom. The Hall–Kier alpha value is -1.60. The van der Waals surface area contributed by atoms with Gasteiger partial charge in [0.25, 0.3) is 0 Å². The minimum Gasteiger partial charge on any atom is -0.480 e. The number of rotatable bonds is 7. The molecule has 6 nitrogen and oxygen atoms in total. The fraction of sp³-hybridized carbons (Fsp3) is 0.429. The van der Waals surface area contributed by atoms with Crippen LogP contribution in [0.4, 0.5) is 0 Å². The molecule has 1 amide bonds. The van der Waals surface area contributed by atoms with Gasteiger partial charge in [-0.15, -0.1) is 0 Å². The molecule has 0 heterocycles. The molecule has 0 aliphatic carbocycles. The Balaban J connectivity index is 2.78. The standard InChI is InChI=1S/C14H18ClNO5S/c1-9(2)7-12(14(18)19)16-13(17)8-22(20,21)11-5-3-10(15)4-6-11/h3-6,9,12H,7-8H2,1-2H3,(H,16,17)(H,18,19)/t12-/m0/s1. The maximum absolute atomic E-state index is 12.1. The average molecular weight is 348 g/mol. The molecule has 0 radical (unpaired) electrons. The van der Waals surface area contributed by atoms with Gasteiger partial charge in [0.2, 0.25) is 5.91 Å². The molecule has 0 fully saturated rings. The summed E-state index contributed by atoms with van der Waals surface area (Å²) in [5.41, 5.74) is 0. The summed E-state index contributed by atoms with van der Waals surface area (Å²) < 4.78 is 24.2. The first-order chi connectivity index (χ1) is 10.1. The van der Waals surface area contributed by atoms with Crippen molar-refractivity contribution in [2.24, 2.45) is 5.92 Å². The second kappa shape index (κ2) is 7.60. The lowest BCUT2D eigenvalue weighted by atomic mass is 10.0. The van der Waals surface area contributed by atoms with Crippen molar-refractivity contribution < 1.29 is 23.1 Å². The number of sulfone groups is 1. The summed E-state index contributed by atoms with van der Waals surface area (Å²) in [4.78, 5) is 22.8. The van der Waals surface area contributed by atoms with Gasteiger partial charge in [-0.25, -0.2) is 13.2 Å². The smallest absolute Gasteiger partial charge is 0.326 e. The normalized spacial score (nSPS) is 12.9. The van der Waals surface area contributed by atoms with Crippen LogP contribution in [0.15, 0.2) is 29.2 Å². The van der Waals surface area contributed by atoms with Crippen LogP contribution in [-0.4, -0.2) is 37.2 Å². The number of aliphatic carboxylic acids is 1. The predicted octanol–water partition coefficient (Wildman–Crippen LogP) is 1.73. The maximum atomic E-state index is 12.1. The summed E-state index contributed by atoms with van der Waals surface area (Å²) in [7, 11) is -3.84. The third-order valence-electron chi connectivity index (χ3n) is 2.83. The predicted molar refractivity (Wildman–Crippen MR) is 82.5 cm³/mol. The van der Waals surface area contributed by atoms with Gasteiger partial charge in [0, 0.05) is 5.02 Å². The van der Waals surface area contributed by atoms with Crippen molar-refractivity contribution in [3.05, 3.63) is 29.3 Å². The summed E-state index contributed by atoms with van der Waals surface area (Å²) in [5.74, 6) is -2.79. The van der Waals surface area contributed by atoms with E-state index < -0.39 is 33.5 Å².